The molecule has 6 nitrogen and oxygen atoms in total. The number of anilines is 1. The summed E-state index contributed by atoms with van der Waals surface area (Å²) in [6.07, 6.45) is 0. The molecule has 0 saturated carbocycles. The van der Waals surface area contributed by atoms with Crippen LogP contribution in [0, 0.1) is 6.92 Å². The van der Waals surface area contributed by atoms with Gasteiger partial charge in [0.05, 0.1) is 38.2 Å². The molecular weight excluding hydrogens is 236 g/mol. The summed E-state index contributed by atoms with van der Waals surface area (Å²) in [7, 11) is 1.34. The van der Waals surface area contributed by atoms with E-state index < -0.39 is 5.97 Å². The molecular formula is C12H18N2O4. The van der Waals surface area contributed by atoms with E-state index in [1.165, 1.54) is 7.11 Å². The van der Waals surface area contributed by atoms with Gasteiger partial charge >= 0.3 is 5.97 Å². The van der Waals surface area contributed by atoms with E-state index in [0.717, 1.165) is 0 Å². The zero-order valence-corrected chi connectivity index (χ0v) is 10.6. The molecule has 0 aromatic carbocycles. The van der Waals surface area contributed by atoms with E-state index >= 15 is 0 Å². The van der Waals surface area contributed by atoms with E-state index in [1.54, 1.807) is 19.1 Å². The average Bonchev–Trinajstić information content (AvgIpc) is 2.38. The van der Waals surface area contributed by atoms with Crippen molar-refractivity contribution in [2.24, 2.45) is 0 Å². The summed E-state index contributed by atoms with van der Waals surface area (Å²) in [5, 5.41) is 11.6. The van der Waals surface area contributed by atoms with Gasteiger partial charge in [-0.05, 0) is 19.1 Å². The van der Waals surface area contributed by atoms with Gasteiger partial charge in [-0.25, -0.2) is 9.78 Å². The van der Waals surface area contributed by atoms with Crippen molar-refractivity contribution >= 4 is 11.8 Å². The van der Waals surface area contributed by atoms with E-state index in [2.05, 4.69) is 15.0 Å². The van der Waals surface area contributed by atoms with Crippen LogP contribution < -0.4 is 5.32 Å². The average molecular weight is 254 g/mol. The second-order valence-corrected chi connectivity index (χ2v) is 3.58. The Hall–Kier alpha value is -1.66. The van der Waals surface area contributed by atoms with Crippen LogP contribution in [-0.2, 0) is 9.47 Å². The lowest BCUT2D eigenvalue weighted by molar-refractivity contribution is 0.0599. The topological polar surface area (TPSA) is 80.7 Å². The number of aliphatic hydroxyl groups is 1. The first-order chi connectivity index (χ1) is 8.69. The number of carbonyl (C=O) groups is 1. The van der Waals surface area contributed by atoms with Crippen molar-refractivity contribution in [1.82, 2.24) is 4.98 Å². The summed E-state index contributed by atoms with van der Waals surface area (Å²) < 4.78 is 9.74. The van der Waals surface area contributed by atoms with Crippen LogP contribution in [-0.4, -0.2) is 49.5 Å². The van der Waals surface area contributed by atoms with Gasteiger partial charge < -0.3 is 19.9 Å². The molecule has 1 rings (SSSR count). The summed E-state index contributed by atoms with van der Waals surface area (Å²) in [5.74, 6) is 0.283. The maximum Gasteiger partial charge on any atom is 0.339 e. The van der Waals surface area contributed by atoms with Gasteiger partial charge in [-0.1, -0.05) is 0 Å². The highest BCUT2D eigenvalue weighted by Gasteiger charge is 2.10. The molecule has 0 radical (unpaired) electrons. The third-order valence-corrected chi connectivity index (χ3v) is 2.28. The molecule has 0 aliphatic heterocycles. The van der Waals surface area contributed by atoms with Crippen LogP contribution >= 0.6 is 0 Å². The molecule has 1 heterocycles. The quantitative estimate of drug-likeness (QED) is 0.548. The normalized spacial score (nSPS) is 10.2. The van der Waals surface area contributed by atoms with Crippen molar-refractivity contribution in [2.45, 2.75) is 6.92 Å². The fraction of sp³-hybridized carbons (Fsp3) is 0.500. The van der Waals surface area contributed by atoms with Crippen LogP contribution in [0.25, 0.3) is 0 Å². The van der Waals surface area contributed by atoms with E-state index in [0.29, 0.717) is 36.8 Å². The second-order valence-electron chi connectivity index (χ2n) is 3.58. The van der Waals surface area contributed by atoms with Gasteiger partial charge in [-0.3, -0.25) is 0 Å². The molecule has 0 bridgehead atoms. The van der Waals surface area contributed by atoms with E-state index in [-0.39, 0.29) is 6.61 Å². The number of ether oxygens (including phenoxy) is 2. The van der Waals surface area contributed by atoms with Crippen LogP contribution in [0.4, 0.5) is 5.82 Å². The summed E-state index contributed by atoms with van der Waals surface area (Å²) in [6.45, 7) is 3.17. The Morgan fingerprint density at radius 2 is 2.22 bits per heavy atom. The zero-order valence-electron chi connectivity index (χ0n) is 10.6. The Morgan fingerprint density at radius 3 is 2.83 bits per heavy atom. The van der Waals surface area contributed by atoms with Crippen molar-refractivity contribution in [3.63, 3.8) is 0 Å². The molecule has 2 N–H and O–H groups in total. The number of aliphatic hydroxyl groups excluding tert-OH is 1. The Balaban J connectivity index is 2.49. The van der Waals surface area contributed by atoms with Crippen LogP contribution in [0.2, 0.25) is 0 Å². The highest BCUT2D eigenvalue weighted by atomic mass is 16.5. The monoisotopic (exact) mass is 254 g/mol. The molecule has 0 aliphatic carbocycles. The van der Waals surface area contributed by atoms with Crippen molar-refractivity contribution in [3.05, 3.63) is 23.4 Å². The molecule has 1 aromatic heterocycles. The van der Waals surface area contributed by atoms with Gasteiger partial charge in [0.2, 0.25) is 0 Å². The van der Waals surface area contributed by atoms with Crippen molar-refractivity contribution < 1.29 is 19.4 Å². The standard InChI is InChI=1S/C12H18N2O4/c1-9-10(12(16)17-2)3-4-11(14-9)13-5-7-18-8-6-15/h3-4,15H,5-8H2,1-2H3,(H,13,14). The number of carbonyl (C=O) groups excluding carboxylic acids is 1. The molecule has 0 fully saturated rings. The number of methoxy groups -OCH3 is 1. The Kier molecular flexibility index (Phi) is 6.10. The molecule has 0 unspecified atom stereocenters. The summed E-state index contributed by atoms with van der Waals surface area (Å²) in [6, 6.07) is 3.39. The minimum atomic E-state index is -0.391. The van der Waals surface area contributed by atoms with E-state index in [4.69, 9.17) is 9.84 Å². The van der Waals surface area contributed by atoms with Gasteiger partial charge in [0, 0.05) is 6.54 Å². The number of rotatable bonds is 7. The lowest BCUT2D eigenvalue weighted by Gasteiger charge is -2.08. The fourth-order valence-electron chi connectivity index (χ4n) is 1.40. The Labute approximate surface area is 106 Å². The third kappa shape index (κ3) is 4.31. The molecule has 6 heteroatoms. The van der Waals surface area contributed by atoms with Crippen LogP contribution in [0.1, 0.15) is 16.1 Å². The molecule has 0 amide bonds. The first-order valence-corrected chi connectivity index (χ1v) is 5.67. The number of hydrogen-bond acceptors (Lipinski definition) is 6. The van der Waals surface area contributed by atoms with Crippen molar-refractivity contribution in [2.75, 3.05) is 38.8 Å². The zero-order chi connectivity index (χ0) is 13.4. The van der Waals surface area contributed by atoms with Crippen LogP contribution in [0.15, 0.2) is 12.1 Å². The SMILES string of the molecule is COC(=O)c1ccc(NCCOCCO)nc1C. The largest absolute Gasteiger partial charge is 0.465 e. The first-order valence-electron chi connectivity index (χ1n) is 5.67. The molecule has 0 atom stereocenters. The number of pyridine rings is 1. The second kappa shape index (κ2) is 7.62. The molecule has 100 valence electrons. The van der Waals surface area contributed by atoms with Gasteiger partial charge in [-0.15, -0.1) is 0 Å². The number of nitrogens with one attached hydrogen (secondary N) is 1. The number of aromatic nitrogens is 1. The van der Waals surface area contributed by atoms with Crippen LogP contribution in [0.5, 0.6) is 0 Å². The maximum absolute atomic E-state index is 11.4. The fourth-order valence-corrected chi connectivity index (χ4v) is 1.40. The predicted octanol–water partition coefficient (Wildman–Crippen LogP) is 0.597. The highest BCUT2D eigenvalue weighted by Crippen LogP contribution is 2.11. The van der Waals surface area contributed by atoms with Gasteiger partial charge in [-0.2, -0.15) is 0 Å². The molecule has 18 heavy (non-hydrogen) atoms. The van der Waals surface area contributed by atoms with Gasteiger partial charge in [0.1, 0.15) is 5.82 Å². The summed E-state index contributed by atoms with van der Waals surface area (Å²) in [4.78, 5) is 15.6. The first kappa shape index (κ1) is 14.4. The lowest BCUT2D eigenvalue weighted by atomic mass is 10.2. The third-order valence-electron chi connectivity index (χ3n) is 2.28. The summed E-state index contributed by atoms with van der Waals surface area (Å²) in [5.41, 5.74) is 1.07. The van der Waals surface area contributed by atoms with Gasteiger partial charge in [0.25, 0.3) is 0 Å². The number of aryl methyl sites for hydroxylation is 1. The van der Waals surface area contributed by atoms with Crippen molar-refractivity contribution in [3.8, 4) is 0 Å². The minimum absolute atomic E-state index is 0.0190. The van der Waals surface area contributed by atoms with E-state index in [1.807, 2.05) is 0 Å². The highest BCUT2D eigenvalue weighted by molar-refractivity contribution is 5.90. The molecule has 0 spiro atoms. The molecule has 1 aromatic rings. The molecule has 0 saturated heterocycles. The van der Waals surface area contributed by atoms with Gasteiger partial charge in [0.15, 0.2) is 0 Å². The van der Waals surface area contributed by atoms with Crippen molar-refractivity contribution in [1.29, 1.82) is 0 Å². The minimum Gasteiger partial charge on any atom is -0.465 e. The molecule has 0 aliphatic rings. The smallest absolute Gasteiger partial charge is 0.339 e. The van der Waals surface area contributed by atoms with Crippen LogP contribution in [0.3, 0.4) is 0 Å². The predicted molar refractivity (Wildman–Crippen MR) is 66.7 cm³/mol. The Morgan fingerprint density at radius 1 is 1.44 bits per heavy atom. The van der Waals surface area contributed by atoms with E-state index in [9.17, 15) is 4.79 Å². The number of esters is 1. The number of hydrogen-bond donors (Lipinski definition) is 2. The summed E-state index contributed by atoms with van der Waals surface area (Å²) >= 11 is 0. The Bertz CT molecular complexity index is 396. The lowest BCUT2D eigenvalue weighted by Crippen LogP contribution is -2.13. The number of nitrogens with zero attached hydrogens (tertiary/aromatic N) is 1. The maximum atomic E-state index is 11.4.